The van der Waals surface area contributed by atoms with Crippen molar-refractivity contribution in [3.8, 4) is 0 Å². The van der Waals surface area contributed by atoms with Crippen molar-refractivity contribution in [2.45, 2.75) is 13.8 Å². The lowest BCUT2D eigenvalue weighted by molar-refractivity contribution is 0.104. The fourth-order valence-corrected chi connectivity index (χ4v) is 2.30. The van der Waals surface area contributed by atoms with Crippen molar-refractivity contribution in [3.63, 3.8) is 0 Å². The molecule has 0 radical (unpaired) electrons. The van der Waals surface area contributed by atoms with Crippen molar-refractivity contribution in [2.24, 2.45) is 0 Å². The number of ketones is 1. The van der Waals surface area contributed by atoms with Gasteiger partial charge in [-0.2, -0.15) is 0 Å². The van der Waals surface area contributed by atoms with Gasteiger partial charge in [0.15, 0.2) is 5.13 Å². The van der Waals surface area contributed by atoms with E-state index in [1.165, 1.54) is 11.3 Å². The molecule has 0 saturated carbocycles. The van der Waals surface area contributed by atoms with Gasteiger partial charge in [0.05, 0.1) is 0 Å². The van der Waals surface area contributed by atoms with Crippen LogP contribution in [0.2, 0.25) is 0 Å². The minimum Gasteiger partial charge on any atom is -0.382 e. The third kappa shape index (κ3) is 3.93. The van der Waals surface area contributed by atoms with Gasteiger partial charge in [-0.3, -0.25) is 4.79 Å². The molecular formula is C14H17N3OS. The highest BCUT2D eigenvalue weighted by atomic mass is 32.1. The molecule has 1 heterocycles. The van der Waals surface area contributed by atoms with Crippen molar-refractivity contribution >= 4 is 28.1 Å². The van der Waals surface area contributed by atoms with Crippen molar-refractivity contribution in [1.29, 1.82) is 0 Å². The number of aromatic nitrogens is 1. The van der Waals surface area contributed by atoms with Gasteiger partial charge < -0.3 is 11.1 Å². The molecule has 0 saturated heterocycles. The van der Waals surface area contributed by atoms with Gasteiger partial charge in [0.2, 0.25) is 5.78 Å². The number of carbonyl (C=O) groups is 1. The molecule has 0 bridgehead atoms. The van der Waals surface area contributed by atoms with E-state index in [1.54, 1.807) is 24.3 Å². The normalized spacial score (nSPS) is 11.6. The van der Waals surface area contributed by atoms with Crippen molar-refractivity contribution in [1.82, 2.24) is 4.98 Å². The van der Waals surface area contributed by atoms with E-state index in [9.17, 15) is 4.79 Å². The molecule has 0 aliphatic rings. The lowest BCUT2D eigenvalue weighted by Gasteiger charge is -1.99. The number of thiazole rings is 1. The number of rotatable bonds is 6. The summed E-state index contributed by atoms with van der Waals surface area (Å²) in [6.07, 6.45) is 6.72. The van der Waals surface area contributed by atoms with Crippen LogP contribution in [0.25, 0.3) is 0 Å². The number of Topliss-reactive ketones (excluding diaryl/α,β-unsaturated/α-hetero) is 1. The van der Waals surface area contributed by atoms with Crippen molar-refractivity contribution < 1.29 is 4.79 Å². The van der Waals surface area contributed by atoms with Gasteiger partial charge in [-0.1, -0.05) is 48.8 Å². The summed E-state index contributed by atoms with van der Waals surface area (Å²) < 4.78 is 0. The Hall–Kier alpha value is -2.14. The number of carbonyl (C=O) groups excluding carboxylic acids is 1. The maximum absolute atomic E-state index is 12.3. The molecule has 5 heteroatoms. The van der Waals surface area contributed by atoms with Gasteiger partial charge >= 0.3 is 0 Å². The molecule has 100 valence electrons. The van der Waals surface area contributed by atoms with Gasteiger partial charge in [0.25, 0.3) is 0 Å². The smallest absolute Gasteiger partial charge is 0.206 e. The highest BCUT2D eigenvalue weighted by Crippen LogP contribution is 2.28. The first-order valence-corrected chi connectivity index (χ1v) is 6.50. The van der Waals surface area contributed by atoms with E-state index >= 15 is 0 Å². The zero-order valence-corrected chi connectivity index (χ0v) is 11.9. The Labute approximate surface area is 117 Å². The van der Waals surface area contributed by atoms with Crippen LogP contribution in [0.1, 0.15) is 23.5 Å². The van der Waals surface area contributed by atoms with Crippen LogP contribution in [0.4, 0.5) is 10.9 Å². The summed E-state index contributed by atoms with van der Waals surface area (Å²) >= 11 is 1.21. The second kappa shape index (κ2) is 6.70. The first-order valence-electron chi connectivity index (χ1n) is 5.68. The van der Waals surface area contributed by atoms with Crippen LogP contribution in [-0.2, 0) is 0 Å². The summed E-state index contributed by atoms with van der Waals surface area (Å²) in [5.74, 6) is 0.0565. The molecule has 0 fully saturated rings. The molecule has 0 amide bonds. The SMILES string of the molecule is C=C/C=C(\C=C/C)C(=O)c1sc(NC(=C)C)nc1N. The lowest BCUT2D eigenvalue weighted by Crippen LogP contribution is -2.02. The summed E-state index contributed by atoms with van der Waals surface area (Å²) in [6, 6.07) is 0. The summed E-state index contributed by atoms with van der Waals surface area (Å²) in [7, 11) is 0. The summed E-state index contributed by atoms with van der Waals surface area (Å²) in [5.41, 5.74) is 7.04. The van der Waals surface area contributed by atoms with E-state index in [1.807, 2.05) is 13.8 Å². The van der Waals surface area contributed by atoms with E-state index < -0.39 is 0 Å². The second-order valence-electron chi connectivity index (χ2n) is 3.83. The van der Waals surface area contributed by atoms with Crippen LogP contribution in [0.3, 0.4) is 0 Å². The molecule has 0 spiro atoms. The van der Waals surface area contributed by atoms with E-state index in [4.69, 9.17) is 5.73 Å². The highest BCUT2D eigenvalue weighted by Gasteiger charge is 2.18. The molecule has 0 aliphatic heterocycles. The summed E-state index contributed by atoms with van der Waals surface area (Å²) in [5, 5.41) is 3.51. The van der Waals surface area contributed by atoms with Crippen molar-refractivity contribution in [3.05, 3.63) is 53.6 Å². The molecule has 1 aromatic rings. The van der Waals surface area contributed by atoms with Crippen LogP contribution >= 0.6 is 11.3 Å². The van der Waals surface area contributed by atoms with Gasteiger partial charge in [-0.15, -0.1) is 0 Å². The number of allylic oxidation sites excluding steroid dienone is 6. The Morgan fingerprint density at radius 3 is 2.74 bits per heavy atom. The molecule has 0 aliphatic carbocycles. The Morgan fingerprint density at radius 1 is 1.53 bits per heavy atom. The molecule has 1 rings (SSSR count). The quantitative estimate of drug-likeness (QED) is 0.473. The average molecular weight is 275 g/mol. The van der Waals surface area contributed by atoms with Crippen molar-refractivity contribution in [2.75, 3.05) is 11.1 Å². The Morgan fingerprint density at radius 2 is 2.21 bits per heavy atom. The van der Waals surface area contributed by atoms with Crippen LogP contribution in [0.5, 0.6) is 0 Å². The Bertz CT molecular complexity index is 567. The minimum absolute atomic E-state index is 0.164. The number of hydrogen-bond acceptors (Lipinski definition) is 5. The molecule has 4 nitrogen and oxygen atoms in total. The zero-order valence-electron chi connectivity index (χ0n) is 11.1. The molecule has 0 atom stereocenters. The fourth-order valence-electron chi connectivity index (χ4n) is 1.38. The van der Waals surface area contributed by atoms with Gasteiger partial charge in [-0.05, 0) is 13.8 Å². The predicted molar refractivity (Wildman–Crippen MR) is 82.4 cm³/mol. The number of anilines is 2. The molecule has 19 heavy (non-hydrogen) atoms. The molecule has 1 aromatic heterocycles. The maximum Gasteiger partial charge on any atom is 0.206 e. The molecule has 3 N–H and O–H groups in total. The van der Waals surface area contributed by atoms with Crippen LogP contribution in [0.15, 0.2) is 48.7 Å². The van der Waals surface area contributed by atoms with Gasteiger partial charge in [0, 0.05) is 11.3 Å². The molecule has 0 unspecified atom stereocenters. The van der Waals surface area contributed by atoms with Crippen LogP contribution < -0.4 is 11.1 Å². The van der Waals surface area contributed by atoms with E-state index in [-0.39, 0.29) is 11.6 Å². The predicted octanol–water partition coefficient (Wildman–Crippen LogP) is 3.54. The third-order valence-electron chi connectivity index (χ3n) is 2.09. The second-order valence-corrected chi connectivity index (χ2v) is 4.82. The lowest BCUT2D eigenvalue weighted by atomic mass is 10.1. The minimum atomic E-state index is -0.164. The first kappa shape index (κ1) is 14.9. The molecular weight excluding hydrogens is 258 g/mol. The van der Waals surface area contributed by atoms with E-state index in [2.05, 4.69) is 23.5 Å². The number of nitrogen functional groups attached to an aromatic ring is 1. The number of hydrogen-bond donors (Lipinski definition) is 2. The van der Waals surface area contributed by atoms with Gasteiger partial charge in [0.1, 0.15) is 10.7 Å². The zero-order chi connectivity index (χ0) is 14.4. The summed E-state index contributed by atoms with van der Waals surface area (Å²) in [4.78, 5) is 16.8. The number of nitrogens with zero attached hydrogens (tertiary/aromatic N) is 1. The van der Waals surface area contributed by atoms with Crippen LogP contribution in [0, 0.1) is 0 Å². The first-order chi connectivity index (χ1) is 8.99. The standard InChI is InChI=1S/C14H17N3OS/c1-5-7-10(8-6-2)11(18)12-13(15)17-14(19-12)16-9(3)4/h5-8H,1,3,15H2,2,4H3,(H,16,17)/b8-6-,10-7+. The number of nitrogens with two attached hydrogens (primary N) is 1. The maximum atomic E-state index is 12.3. The Kier molecular flexibility index (Phi) is 5.26. The monoisotopic (exact) mass is 275 g/mol. The van der Waals surface area contributed by atoms with Gasteiger partial charge in [-0.25, -0.2) is 4.98 Å². The number of nitrogens with one attached hydrogen (secondary N) is 1. The van der Waals surface area contributed by atoms with Crippen LogP contribution in [-0.4, -0.2) is 10.8 Å². The van der Waals surface area contributed by atoms with E-state index in [0.717, 1.165) is 5.70 Å². The average Bonchev–Trinajstić information content (AvgIpc) is 2.68. The topological polar surface area (TPSA) is 68.0 Å². The fraction of sp³-hybridized carbons (Fsp3) is 0.143. The highest BCUT2D eigenvalue weighted by molar-refractivity contribution is 7.18. The molecule has 0 aromatic carbocycles. The van der Waals surface area contributed by atoms with E-state index in [0.29, 0.717) is 15.6 Å². The third-order valence-corrected chi connectivity index (χ3v) is 3.07. The Balaban J connectivity index is 3.11. The largest absolute Gasteiger partial charge is 0.382 e. The summed E-state index contributed by atoms with van der Waals surface area (Å²) in [6.45, 7) is 11.0.